The molecule has 2 heterocycles. The molecule has 8 nitrogen and oxygen atoms in total. The van der Waals surface area contributed by atoms with E-state index in [1.165, 1.54) is 12.1 Å². The van der Waals surface area contributed by atoms with Crippen LogP contribution in [0.25, 0.3) is 11.3 Å². The molecule has 126 valence electrons. The van der Waals surface area contributed by atoms with Gasteiger partial charge in [0.25, 0.3) is 0 Å². The number of benzene rings is 1. The van der Waals surface area contributed by atoms with E-state index in [4.69, 9.17) is 5.26 Å². The van der Waals surface area contributed by atoms with Crippen molar-refractivity contribution >= 4 is 10.0 Å². The number of sulfonamides is 1. The number of rotatable bonds is 6. The topological polar surface area (TPSA) is 114 Å². The van der Waals surface area contributed by atoms with E-state index in [0.29, 0.717) is 12.2 Å². The summed E-state index contributed by atoms with van der Waals surface area (Å²) in [6.07, 6.45) is 5.22. The minimum Gasteiger partial charge on any atom is -0.265 e. The Kier molecular flexibility index (Phi) is 4.83. The van der Waals surface area contributed by atoms with Crippen molar-refractivity contribution in [2.24, 2.45) is 0 Å². The number of aromatic nitrogens is 4. The summed E-state index contributed by atoms with van der Waals surface area (Å²) in [5, 5.41) is 16.7. The molecule has 0 atom stereocenters. The van der Waals surface area contributed by atoms with E-state index in [9.17, 15) is 8.42 Å². The molecular weight excluding hydrogens is 340 g/mol. The van der Waals surface area contributed by atoms with Crippen molar-refractivity contribution in [3.63, 3.8) is 0 Å². The van der Waals surface area contributed by atoms with Crippen molar-refractivity contribution in [2.75, 3.05) is 6.54 Å². The van der Waals surface area contributed by atoms with E-state index in [2.05, 4.69) is 20.0 Å². The van der Waals surface area contributed by atoms with Crippen LogP contribution in [-0.4, -0.2) is 34.9 Å². The van der Waals surface area contributed by atoms with Crippen molar-refractivity contribution in [1.29, 1.82) is 5.26 Å². The predicted molar refractivity (Wildman–Crippen MR) is 89.6 cm³/mol. The molecule has 9 heteroatoms. The van der Waals surface area contributed by atoms with Gasteiger partial charge in [0.2, 0.25) is 10.0 Å². The minimum absolute atomic E-state index is 0.0932. The molecule has 0 saturated heterocycles. The highest BCUT2D eigenvalue weighted by molar-refractivity contribution is 7.89. The number of nitrogens with one attached hydrogen (secondary N) is 1. The summed E-state index contributed by atoms with van der Waals surface area (Å²) in [6, 6.07) is 11.8. The second-order valence-electron chi connectivity index (χ2n) is 5.16. The van der Waals surface area contributed by atoms with Gasteiger partial charge in [0.05, 0.1) is 30.3 Å². The molecule has 0 spiro atoms. The van der Waals surface area contributed by atoms with Crippen molar-refractivity contribution in [3.8, 4) is 17.3 Å². The Balaban J connectivity index is 1.76. The molecular formula is C16H14N6O2S. The molecule has 3 rings (SSSR count). The number of pyridine rings is 1. The smallest absolute Gasteiger partial charge is 0.241 e. The molecule has 0 fully saturated rings. The third kappa shape index (κ3) is 4.06. The SMILES string of the molecule is N#CCNS(=O)(=O)c1ccc(-c2cn(Cc3ccncc3)nn2)cc1. The second-order valence-corrected chi connectivity index (χ2v) is 6.93. The highest BCUT2D eigenvalue weighted by Crippen LogP contribution is 2.19. The molecule has 2 aromatic heterocycles. The Morgan fingerprint density at radius 3 is 2.52 bits per heavy atom. The van der Waals surface area contributed by atoms with Gasteiger partial charge in [-0.15, -0.1) is 5.10 Å². The molecule has 0 bridgehead atoms. The average Bonchev–Trinajstić information content (AvgIpc) is 3.09. The van der Waals surface area contributed by atoms with E-state index in [0.717, 1.165) is 11.1 Å². The first-order valence-electron chi connectivity index (χ1n) is 7.34. The van der Waals surface area contributed by atoms with Crippen molar-refractivity contribution in [3.05, 3.63) is 60.6 Å². The van der Waals surface area contributed by atoms with Gasteiger partial charge in [0, 0.05) is 18.0 Å². The molecule has 25 heavy (non-hydrogen) atoms. The van der Waals surface area contributed by atoms with Gasteiger partial charge in [-0.3, -0.25) is 4.98 Å². The van der Waals surface area contributed by atoms with Gasteiger partial charge in [0.1, 0.15) is 5.69 Å². The lowest BCUT2D eigenvalue weighted by Gasteiger charge is -2.04. The van der Waals surface area contributed by atoms with Gasteiger partial charge >= 0.3 is 0 Å². The second kappa shape index (κ2) is 7.21. The Hall–Kier alpha value is -3.09. The van der Waals surface area contributed by atoms with E-state index in [1.54, 1.807) is 41.5 Å². The molecule has 0 aliphatic rings. The van der Waals surface area contributed by atoms with Crippen LogP contribution in [-0.2, 0) is 16.6 Å². The quantitative estimate of drug-likeness (QED) is 0.665. The van der Waals surface area contributed by atoms with E-state index in [-0.39, 0.29) is 11.4 Å². The van der Waals surface area contributed by atoms with E-state index in [1.807, 2.05) is 12.1 Å². The maximum Gasteiger partial charge on any atom is 0.241 e. The zero-order chi connectivity index (χ0) is 17.7. The zero-order valence-electron chi connectivity index (χ0n) is 13.1. The third-order valence-electron chi connectivity index (χ3n) is 3.43. The summed E-state index contributed by atoms with van der Waals surface area (Å²) >= 11 is 0. The van der Waals surface area contributed by atoms with Crippen LogP contribution in [0.15, 0.2) is 59.9 Å². The molecule has 1 N–H and O–H groups in total. The van der Waals surface area contributed by atoms with Crippen LogP contribution in [0.3, 0.4) is 0 Å². The van der Waals surface area contributed by atoms with Crippen LogP contribution in [0.4, 0.5) is 0 Å². The highest BCUT2D eigenvalue weighted by atomic mass is 32.2. The Labute approximate surface area is 144 Å². The normalized spacial score (nSPS) is 11.2. The van der Waals surface area contributed by atoms with Crippen LogP contribution in [0.5, 0.6) is 0 Å². The lowest BCUT2D eigenvalue weighted by molar-refractivity contribution is 0.586. The average molecular weight is 354 g/mol. The van der Waals surface area contributed by atoms with Crippen LogP contribution < -0.4 is 4.72 Å². The lowest BCUT2D eigenvalue weighted by Crippen LogP contribution is -2.23. The van der Waals surface area contributed by atoms with Crippen LogP contribution in [0, 0.1) is 11.3 Å². The van der Waals surface area contributed by atoms with Crippen LogP contribution in [0.2, 0.25) is 0 Å². The molecule has 0 aliphatic carbocycles. The summed E-state index contributed by atoms with van der Waals surface area (Å²) < 4.78 is 27.8. The van der Waals surface area contributed by atoms with Crippen LogP contribution >= 0.6 is 0 Å². The molecule has 0 unspecified atom stereocenters. The Morgan fingerprint density at radius 1 is 1.12 bits per heavy atom. The first kappa shape index (κ1) is 16.8. The third-order valence-corrected chi connectivity index (χ3v) is 4.85. The fourth-order valence-corrected chi connectivity index (χ4v) is 3.11. The first-order valence-corrected chi connectivity index (χ1v) is 8.83. The standard InChI is InChI=1S/C16H14N6O2S/c17-7-10-19-25(23,24)15-3-1-14(2-4-15)16-12-22(21-20-16)11-13-5-8-18-9-6-13/h1-6,8-9,12,19H,10-11H2. The maximum atomic E-state index is 11.9. The minimum atomic E-state index is -3.68. The van der Waals surface area contributed by atoms with Gasteiger partial charge in [-0.2, -0.15) is 9.98 Å². The predicted octanol–water partition coefficient (Wildman–Crippen LogP) is 1.19. The fraction of sp³-hybridized carbons (Fsp3) is 0.125. The molecule has 0 saturated carbocycles. The Bertz CT molecular complexity index is 991. The number of hydrogen-bond acceptors (Lipinski definition) is 6. The van der Waals surface area contributed by atoms with Crippen molar-refractivity contribution in [1.82, 2.24) is 24.7 Å². The first-order chi connectivity index (χ1) is 12.1. The maximum absolute atomic E-state index is 11.9. The summed E-state index contributed by atoms with van der Waals surface area (Å²) in [4.78, 5) is 4.06. The largest absolute Gasteiger partial charge is 0.265 e. The fourth-order valence-electron chi connectivity index (χ4n) is 2.20. The monoisotopic (exact) mass is 354 g/mol. The molecule has 0 aliphatic heterocycles. The number of nitrogens with zero attached hydrogens (tertiary/aromatic N) is 5. The number of nitriles is 1. The number of hydrogen-bond donors (Lipinski definition) is 1. The molecule has 3 aromatic rings. The summed E-state index contributed by atoms with van der Waals surface area (Å²) in [6.45, 7) is 0.299. The van der Waals surface area contributed by atoms with E-state index < -0.39 is 10.0 Å². The van der Waals surface area contributed by atoms with Crippen molar-refractivity contribution in [2.45, 2.75) is 11.4 Å². The highest BCUT2D eigenvalue weighted by Gasteiger charge is 2.13. The van der Waals surface area contributed by atoms with Crippen molar-refractivity contribution < 1.29 is 8.42 Å². The van der Waals surface area contributed by atoms with E-state index >= 15 is 0 Å². The molecule has 0 radical (unpaired) electrons. The molecule has 1 aromatic carbocycles. The molecule has 0 amide bonds. The van der Waals surface area contributed by atoms with Gasteiger partial charge in [-0.25, -0.2) is 13.1 Å². The van der Waals surface area contributed by atoms with Gasteiger partial charge in [0.15, 0.2) is 0 Å². The summed E-state index contributed by atoms with van der Waals surface area (Å²) in [7, 11) is -3.68. The van der Waals surface area contributed by atoms with Crippen LogP contribution in [0.1, 0.15) is 5.56 Å². The lowest BCUT2D eigenvalue weighted by atomic mass is 10.2. The zero-order valence-corrected chi connectivity index (χ0v) is 13.9. The Morgan fingerprint density at radius 2 is 1.84 bits per heavy atom. The van der Waals surface area contributed by atoms with Gasteiger partial charge < -0.3 is 0 Å². The van der Waals surface area contributed by atoms with Gasteiger partial charge in [-0.05, 0) is 29.8 Å². The van der Waals surface area contributed by atoms with Gasteiger partial charge in [-0.1, -0.05) is 17.3 Å². The summed E-state index contributed by atoms with van der Waals surface area (Å²) in [5.41, 5.74) is 2.44. The summed E-state index contributed by atoms with van der Waals surface area (Å²) in [5.74, 6) is 0.